The van der Waals surface area contributed by atoms with Gasteiger partial charge in [0.05, 0.1) is 22.3 Å². The van der Waals surface area contributed by atoms with E-state index in [0.29, 0.717) is 16.0 Å². The summed E-state index contributed by atoms with van der Waals surface area (Å²) in [7, 11) is -4.09. The molecule has 0 aliphatic carbocycles. The molecule has 2 unspecified atom stereocenters. The topological polar surface area (TPSA) is 96.3 Å². The summed E-state index contributed by atoms with van der Waals surface area (Å²) in [4.78, 5) is 5.06. The zero-order valence-electron chi connectivity index (χ0n) is 17.3. The maximum absolute atomic E-state index is 15.0. The predicted molar refractivity (Wildman–Crippen MR) is 121 cm³/mol. The van der Waals surface area contributed by atoms with Crippen LogP contribution in [0.4, 0.5) is 8.78 Å². The highest BCUT2D eigenvalue weighted by Gasteiger charge is 2.54. The summed E-state index contributed by atoms with van der Waals surface area (Å²) in [5.74, 6) is -2.16. The number of thiophene rings is 1. The normalized spacial score (nSPS) is 24.5. The minimum atomic E-state index is -4.09. The Balaban J connectivity index is 1.85. The number of sulfone groups is 1. The molecular formula is C23H19F2N3O2S2. The number of hydrogen-bond acceptors (Lipinski definition) is 6. The number of aliphatic imine (C=N–C) groups is 1. The largest absolute Gasteiger partial charge is 0.386 e. The molecule has 1 aliphatic rings. The van der Waals surface area contributed by atoms with Crippen molar-refractivity contribution in [2.24, 2.45) is 10.7 Å². The van der Waals surface area contributed by atoms with Crippen LogP contribution in [0.15, 0.2) is 59.6 Å². The number of rotatable bonds is 3. The van der Waals surface area contributed by atoms with Gasteiger partial charge in [-0.1, -0.05) is 30.3 Å². The highest BCUT2D eigenvalue weighted by Crippen LogP contribution is 2.46. The van der Waals surface area contributed by atoms with Gasteiger partial charge in [-0.25, -0.2) is 17.2 Å². The molecule has 9 heteroatoms. The maximum atomic E-state index is 15.0. The van der Waals surface area contributed by atoms with E-state index in [-0.39, 0.29) is 16.3 Å². The van der Waals surface area contributed by atoms with Crippen LogP contribution in [-0.4, -0.2) is 20.0 Å². The Bertz CT molecular complexity index is 1410. The first-order valence-electron chi connectivity index (χ1n) is 9.65. The first-order valence-corrected chi connectivity index (χ1v) is 12.1. The Morgan fingerprint density at radius 3 is 2.47 bits per heavy atom. The van der Waals surface area contributed by atoms with Gasteiger partial charge >= 0.3 is 0 Å². The summed E-state index contributed by atoms with van der Waals surface area (Å²) in [5, 5.41) is 9.12. The minimum Gasteiger partial charge on any atom is -0.386 e. The molecule has 32 heavy (non-hydrogen) atoms. The van der Waals surface area contributed by atoms with Gasteiger partial charge in [0.1, 0.15) is 23.0 Å². The standard InChI is InChI=1S/C23H19F2N3O2S2/c1-22(20-18(25)11-19(31-20)15-7-5-6-14(10-15)12-26)13-32(29,30)23(2,21(27)28-22)16-8-3-4-9-17(16)24/h3-11H,13H2,1-2H3,(H2,27,28). The van der Waals surface area contributed by atoms with Crippen LogP contribution in [0.25, 0.3) is 10.4 Å². The van der Waals surface area contributed by atoms with Crippen LogP contribution in [0.5, 0.6) is 0 Å². The number of hydrogen-bond donors (Lipinski definition) is 1. The molecule has 1 aromatic heterocycles. The van der Waals surface area contributed by atoms with E-state index in [1.54, 1.807) is 24.3 Å². The molecule has 0 spiro atoms. The lowest BCUT2D eigenvalue weighted by Crippen LogP contribution is -2.54. The van der Waals surface area contributed by atoms with E-state index in [0.717, 1.165) is 17.4 Å². The van der Waals surface area contributed by atoms with Gasteiger partial charge in [-0.3, -0.25) is 4.99 Å². The van der Waals surface area contributed by atoms with Gasteiger partial charge in [-0.2, -0.15) is 5.26 Å². The highest BCUT2D eigenvalue weighted by atomic mass is 32.2. The fraction of sp³-hybridized carbons (Fsp3) is 0.217. The van der Waals surface area contributed by atoms with Gasteiger partial charge in [-0.05, 0) is 43.7 Å². The molecule has 4 rings (SSSR count). The lowest BCUT2D eigenvalue weighted by molar-refractivity contribution is 0.479. The average molecular weight is 472 g/mol. The van der Waals surface area contributed by atoms with Crippen molar-refractivity contribution >= 4 is 27.0 Å². The molecule has 0 fully saturated rings. The predicted octanol–water partition coefficient (Wildman–Crippen LogP) is 4.48. The Morgan fingerprint density at radius 2 is 1.81 bits per heavy atom. The van der Waals surface area contributed by atoms with Gasteiger partial charge in [0.2, 0.25) is 0 Å². The molecule has 0 radical (unpaired) electrons. The monoisotopic (exact) mass is 471 g/mol. The summed E-state index contributed by atoms with van der Waals surface area (Å²) in [6.07, 6.45) is 0. The number of benzene rings is 2. The summed E-state index contributed by atoms with van der Waals surface area (Å²) in [5.41, 5.74) is 5.64. The van der Waals surface area contributed by atoms with Crippen LogP contribution in [0.2, 0.25) is 0 Å². The number of amidine groups is 1. The van der Waals surface area contributed by atoms with E-state index >= 15 is 4.39 Å². The molecule has 0 amide bonds. The lowest BCUT2D eigenvalue weighted by atomic mass is 9.96. The lowest BCUT2D eigenvalue weighted by Gasteiger charge is -2.39. The maximum Gasteiger partial charge on any atom is 0.169 e. The quantitative estimate of drug-likeness (QED) is 0.609. The molecule has 0 saturated heterocycles. The number of nitrogens with zero attached hydrogens (tertiary/aromatic N) is 2. The summed E-state index contributed by atoms with van der Waals surface area (Å²) < 4.78 is 54.6. The zero-order chi connectivity index (χ0) is 23.3. The second-order valence-electron chi connectivity index (χ2n) is 8.02. The van der Waals surface area contributed by atoms with Gasteiger partial charge in [0, 0.05) is 10.4 Å². The van der Waals surface area contributed by atoms with Crippen LogP contribution in [0, 0.1) is 23.0 Å². The van der Waals surface area contributed by atoms with Crippen molar-refractivity contribution < 1.29 is 17.2 Å². The van der Waals surface area contributed by atoms with Crippen LogP contribution in [0.3, 0.4) is 0 Å². The molecule has 1 aliphatic heterocycles. The molecule has 0 bridgehead atoms. The summed E-state index contributed by atoms with van der Waals surface area (Å²) >= 11 is 1.05. The number of nitriles is 1. The van der Waals surface area contributed by atoms with Gasteiger partial charge in [-0.15, -0.1) is 11.3 Å². The van der Waals surface area contributed by atoms with Crippen molar-refractivity contribution in [2.75, 3.05) is 5.75 Å². The summed E-state index contributed by atoms with van der Waals surface area (Å²) in [6.45, 7) is 2.82. The zero-order valence-corrected chi connectivity index (χ0v) is 18.9. The summed E-state index contributed by atoms with van der Waals surface area (Å²) in [6, 6.07) is 15.5. The van der Waals surface area contributed by atoms with Crippen molar-refractivity contribution in [3.63, 3.8) is 0 Å². The van der Waals surface area contributed by atoms with E-state index in [1.165, 1.54) is 38.1 Å². The molecule has 2 N–H and O–H groups in total. The second kappa shape index (κ2) is 7.50. The first-order chi connectivity index (χ1) is 15.0. The molecular weight excluding hydrogens is 452 g/mol. The van der Waals surface area contributed by atoms with E-state index in [9.17, 15) is 12.8 Å². The van der Waals surface area contributed by atoms with Gasteiger partial charge < -0.3 is 5.73 Å². The number of halogens is 2. The Kier molecular flexibility index (Phi) is 5.18. The van der Waals surface area contributed by atoms with Gasteiger partial charge in [0.25, 0.3) is 0 Å². The molecule has 5 nitrogen and oxygen atoms in total. The minimum absolute atomic E-state index is 0.0936. The first kappa shape index (κ1) is 22.1. The number of nitrogens with two attached hydrogens (primary N) is 1. The van der Waals surface area contributed by atoms with Crippen LogP contribution < -0.4 is 5.73 Å². The third-order valence-corrected chi connectivity index (χ3v) is 9.82. The van der Waals surface area contributed by atoms with E-state index in [2.05, 4.69) is 4.99 Å². The SMILES string of the molecule is CC1(c2sc(-c3cccc(C#N)c3)cc2F)CS(=O)(=O)C(C)(c2ccccc2F)C(N)=N1. The fourth-order valence-corrected chi connectivity index (χ4v) is 7.28. The highest BCUT2D eigenvalue weighted by molar-refractivity contribution is 7.93. The van der Waals surface area contributed by atoms with Crippen LogP contribution in [-0.2, 0) is 20.1 Å². The van der Waals surface area contributed by atoms with E-state index in [4.69, 9.17) is 11.0 Å². The third kappa shape index (κ3) is 3.31. The smallest absolute Gasteiger partial charge is 0.169 e. The fourth-order valence-electron chi connectivity index (χ4n) is 3.97. The van der Waals surface area contributed by atoms with Gasteiger partial charge in [0.15, 0.2) is 14.6 Å². The molecule has 164 valence electrons. The third-order valence-electron chi connectivity index (χ3n) is 5.79. The molecule has 0 saturated carbocycles. The van der Waals surface area contributed by atoms with E-state index < -0.39 is 37.5 Å². The second-order valence-corrected chi connectivity index (χ2v) is 11.4. The molecule has 2 aromatic carbocycles. The molecule has 3 aromatic rings. The van der Waals surface area contributed by atoms with Crippen LogP contribution >= 0.6 is 11.3 Å². The van der Waals surface area contributed by atoms with Crippen LogP contribution in [0.1, 0.15) is 29.9 Å². The Hall–Kier alpha value is -3.09. The van der Waals surface area contributed by atoms with Crippen molar-refractivity contribution in [2.45, 2.75) is 24.1 Å². The average Bonchev–Trinajstić information content (AvgIpc) is 3.14. The van der Waals surface area contributed by atoms with Crippen molar-refractivity contribution in [1.82, 2.24) is 0 Å². The van der Waals surface area contributed by atoms with Crippen molar-refractivity contribution in [3.8, 4) is 16.5 Å². The molecule has 2 heterocycles. The van der Waals surface area contributed by atoms with Crippen molar-refractivity contribution in [1.29, 1.82) is 5.26 Å². The Morgan fingerprint density at radius 1 is 1.09 bits per heavy atom. The van der Waals surface area contributed by atoms with E-state index in [1.807, 2.05) is 6.07 Å². The Labute approximate surface area is 188 Å². The van der Waals surface area contributed by atoms with Crippen molar-refractivity contribution in [3.05, 3.63) is 82.2 Å². The molecule has 2 atom stereocenters.